The Morgan fingerprint density at radius 1 is 1.28 bits per heavy atom. The molecule has 4 heterocycles. The van der Waals surface area contributed by atoms with Crippen LogP contribution >= 0.6 is 0 Å². The molecule has 10 nitrogen and oxygen atoms in total. The van der Waals surface area contributed by atoms with Crippen molar-refractivity contribution in [2.24, 2.45) is 5.92 Å². The number of anilines is 2. The van der Waals surface area contributed by atoms with Crippen molar-refractivity contribution in [3.8, 4) is 16.9 Å². The number of pyridine rings is 2. The molecule has 3 aromatic rings. The van der Waals surface area contributed by atoms with E-state index < -0.39 is 10.0 Å². The summed E-state index contributed by atoms with van der Waals surface area (Å²) in [6, 6.07) is 5.72. The van der Waals surface area contributed by atoms with Crippen LogP contribution in [0.2, 0.25) is 0 Å². The number of fused-ring (bicyclic) bond motifs is 1. The predicted octanol–water partition coefficient (Wildman–Crippen LogP) is 2.24. The van der Waals surface area contributed by atoms with Gasteiger partial charge in [-0.25, -0.2) is 22.2 Å². The molecule has 4 rings (SSSR count). The molecule has 0 spiro atoms. The molecule has 1 aliphatic heterocycles. The Hall–Kier alpha value is -2.92. The molecular formula is C21H29N7O3S. The van der Waals surface area contributed by atoms with Crippen LogP contribution in [0.25, 0.3) is 16.8 Å². The second-order valence-corrected chi connectivity index (χ2v) is 10.5. The van der Waals surface area contributed by atoms with Crippen molar-refractivity contribution in [2.75, 3.05) is 37.0 Å². The molecule has 0 aromatic carbocycles. The number of nitrogens with one attached hydrogen (secondary N) is 1. The van der Waals surface area contributed by atoms with Crippen molar-refractivity contribution in [3.05, 3.63) is 30.6 Å². The van der Waals surface area contributed by atoms with Gasteiger partial charge in [-0.2, -0.15) is 4.98 Å². The first kappa shape index (κ1) is 22.3. The highest BCUT2D eigenvalue weighted by atomic mass is 32.2. The third-order valence-corrected chi connectivity index (χ3v) is 6.67. The highest BCUT2D eigenvalue weighted by Crippen LogP contribution is 2.34. The standard InChI is InChI=1S/C21H29N7O3S/c1-14(2)13-31-19-17(15-4-8-23-18(22)12-15)7-11-28-20(19)25-21(26-28)24-16-5-9-27(10-6-16)32(3,29)30/h4,7-8,11-12,14,16H,5-6,9-10,13H2,1-3H3,(H2,22,23)(H,24,26). The average molecular weight is 460 g/mol. The molecule has 32 heavy (non-hydrogen) atoms. The summed E-state index contributed by atoms with van der Waals surface area (Å²) in [4.78, 5) is 8.77. The Morgan fingerprint density at radius 2 is 2.03 bits per heavy atom. The third-order valence-electron chi connectivity index (χ3n) is 5.37. The second-order valence-electron chi connectivity index (χ2n) is 8.52. The Morgan fingerprint density at radius 3 is 2.69 bits per heavy atom. The van der Waals surface area contributed by atoms with Crippen LogP contribution < -0.4 is 15.8 Å². The van der Waals surface area contributed by atoms with Crippen molar-refractivity contribution >= 4 is 27.4 Å². The van der Waals surface area contributed by atoms with Gasteiger partial charge in [0, 0.05) is 37.1 Å². The van der Waals surface area contributed by atoms with Gasteiger partial charge in [0.2, 0.25) is 16.0 Å². The molecule has 0 atom stereocenters. The van der Waals surface area contributed by atoms with Gasteiger partial charge in [0.25, 0.3) is 0 Å². The van der Waals surface area contributed by atoms with E-state index in [0.717, 1.165) is 11.1 Å². The zero-order valence-corrected chi connectivity index (χ0v) is 19.3. The molecule has 0 aliphatic carbocycles. The maximum atomic E-state index is 11.7. The van der Waals surface area contributed by atoms with Gasteiger partial charge in [-0.1, -0.05) is 13.8 Å². The summed E-state index contributed by atoms with van der Waals surface area (Å²) in [7, 11) is -3.16. The van der Waals surface area contributed by atoms with E-state index in [1.807, 2.05) is 18.3 Å². The zero-order chi connectivity index (χ0) is 22.9. The van der Waals surface area contributed by atoms with Gasteiger partial charge >= 0.3 is 0 Å². The van der Waals surface area contributed by atoms with Crippen LogP contribution in [-0.2, 0) is 10.0 Å². The number of piperidine rings is 1. The number of hydrogen-bond donors (Lipinski definition) is 2. The fraction of sp³-hybridized carbons (Fsp3) is 0.476. The van der Waals surface area contributed by atoms with E-state index in [1.165, 1.54) is 10.6 Å². The van der Waals surface area contributed by atoms with Crippen LogP contribution in [0.3, 0.4) is 0 Å². The first-order chi connectivity index (χ1) is 15.2. The maximum Gasteiger partial charge on any atom is 0.243 e. The predicted molar refractivity (Wildman–Crippen MR) is 124 cm³/mol. The molecule has 172 valence electrons. The number of ether oxygens (including phenoxy) is 1. The van der Waals surface area contributed by atoms with Gasteiger partial charge < -0.3 is 15.8 Å². The van der Waals surface area contributed by atoms with Gasteiger partial charge in [0.05, 0.1) is 12.9 Å². The number of rotatable bonds is 7. The van der Waals surface area contributed by atoms with Gasteiger partial charge in [-0.05, 0) is 42.5 Å². The average Bonchev–Trinajstić information content (AvgIpc) is 3.14. The van der Waals surface area contributed by atoms with Gasteiger partial charge in [-0.3, -0.25) is 0 Å². The monoisotopic (exact) mass is 459 g/mol. The van der Waals surface area contributed by atoms with Crippen LogP contribution in [0.4, 0.5) is 11.8 Å². The van der Waals surface area contributed by atoms with Gasteiger partial charge in [0.15, 0.2) is 11.4 Å². The van der Waals surface area contributed by atoms with Crippen molar-refractivity contribution in [1.29, 1.82) is 0 Å². The second kappa shape index (κ2) is 8.91. The van der Waals surface area contributed by atoms with E-state index in [9.17, 15) is 8.42 Å². The summed E-state index contributed by atoms with van der Waals surface area (Å²) in [5, 5.41) is 7.91. The Labute approximate surface area is 187 Å². The SMILES string of the molecule is CC(C)COc1c(-c2ccnc(N)c2)ccn2nc(NC3CCN(S(C)(=O)=O)CC3)nc12. The summed E-state index contributed by atoms with van der Waals surface area (Å²) in [5.41, 5.74) is 8.26. The van der Waals surface area contributed by atoms with Crippen LogP contribution in [-0.4, -0.2) is 64.3 Å². The van der Waals surface area contributed by atoms with Crippen molar-refractivity contribution in [2.45, 2.75) is 32.7 Å². The molecule has 0 amide bonds. The fourth-order valence-electron chi connectivity index (χ4n) is 3.73. The minimum atomic E-state index is -3.16. The number of nitrogen functional groups attached to an aromatic ring is 1. The number of sulfonamides is 1. The summed E-state index contributed by atoms with van der Waals surface area (Å²) in [5.74, 6) is 1.90. The van der Waals surface area contributed by atoms with E-state index >= 15 is 0 Å². The van der Waals surface area contributed by atoms with Crippen LogP contribution in [0.1, 0.15) is 26.7 Å². The fourth-order valence-corrected chi connectivity index (χ4v) is 4.61. The van der Waals surface area contributed by atoms with E-state index in [0.29, 0.717) is 61.6 Å². The zero-order valence-electron chi connectivity index (χ0n) is 18.5. The first-order valence-electron chi connectivity index (χ1n) is 10.7. The Bertz CT molecular complexity index is 1200. The summed E-state index contributed by atoms with van der Waals surface area (Å²) >= 11 is 0. The molecule has 1 saturated heterocycles. The van der Waals surface area contributed by atoms with E-state index in [2.05, 4.69) is 29.2 Å². The van der Waals surface area contributed by atoms with Crippen molar-refractivity contribution in [3.63, 3.8) is 0 Å². The van der Waals surface area contributed by atoms with Gasteiger partial charge in [-0.15, -0.1) is 5.10 Å². The molecule has 1 fully saturated rings. The molecule has 3 N–H and O–H groups in total. The number of nitrogens with two attached hydrogens (primary N) is 1. The quantitative estimate of drug-likeness (QED) is 0.551. The van der Waals surface area contributed by atoms with Crippen LogP contribution in [0.5, 0.6) is 5.75 Å². The largest absolute Gasteiger partial charge is 0.489 e. The molecule has 0 saturated carbocycles. The summed E-state index contributed by atoms with van der Waals surface area (Å²) < 4.78 is 32.8. The molecule has 0 unspecified atom stereocenters. The smallest absolute Gasteiger partial charge is 0.243 e. The lowest BCUT2D eigenvalue weighted by atomic mass is 10.1. The van der Waals surface area contributed by atoms with E-state index in [4.69, 9.17) is 15.5 Å². The molecule has 0 bridgehead atoms. The molecule has 3 aromatic heterocycles. The number of hydrogen-bond acceptors (Lipinski definition) is 8. The normalized spacial score (nSPS) is 16.0. The lowest BCUT2D eigenvalue weighted by molar-refractivity contribution is 0.273. The third kappa shape index (κ3) is 4.94. The van der Waals surface area contributed by atoms with Gasteiger partial charge in [0.1, 0.15) is 5.82 Å². The number of nitrogens with zero attached hydrogens (tertiary/aromatic N) is 5. The lowest BCUT2D eigenvalue weighted by Gasteiger charge is -2.30. The van der Waals surface area contributed by atoms with Crippen molar-refractivity contribution < 1.29 is 13.2 Å². The molecule has 1 aliphatic rings. The van der Waals surface area contributed by atoms with E-state index in [1.54, 1.807) is 16.8 Å². The highest BCUT2D eigenvalue weighted by Gasteiger charge is 2.26. The Balaban J connectivity index is 1.62. The molecule has 0 radical (unpaired) electrons. The minimum absolute atomic E-state index is 0.102. The van der Waals surface area contributed by atoms with Crippen LogP contribution in [0.15, 0.2) is 30.6 Å². The molecular weight excluding hydrogens is 430 g/mol. The summed E-state index contributed by atoms with van der Waals surface area (Å²) in [6.45, 7) is 5.68. The maximum absolute atomic E-state index is 11.7. The van der Waals surface area contributed by atoms with Crippen molar-refractivity contribution in [1.82, 2.24) is 23.9 Å². The molecule has 11 heteroatoms. The van der Waals surface area contributed by atoms with E-state index in [-0.39, 0.29) is 6.04 Å². The Kier molecular flexibility index (Phi) is 6.20. The highest BCUT2D eigenvalue weighted by molar-refractivity contribution is 7.88. The lowest BCUT2D eigenvalue weighted by Crippen LogP contribution is -2.41. The summed E-state index contributed by atoms with van der Waals surface area (Å²) in [6.07, 6.45) is 6.15. The topological polar surface area (TPSA) is 128 Å². The number of aromatic nitrogens is 4. The minimum Gasteiger partial charge on any atom is -0.489 e. The van der Waals surface area contributed by atoms with Crippen LogP contribution in [0, 0.1) is 5.92 Å². The first-order valence-corrected chi connectivity index (χ1v) is 12.5.